The number of hydrogen-bond acceptors (Lipinski definition) is 6. The summed E-state index contributed by atoms with van der Waals surface area (Å²) in [6, 6.07) is 6.12. The number of aryl methyl sites for hydroxylation is 2. The highest BCUT2D eigenvalue weighted by molar-refractivity contribution is 7.19. The molecule has 1 aromatic carbocycles. The van der Waals surface area contributed by atoms with Crippen LogP contribution >= 0.6 is 11.3 Å². The second kappa shape index (κ2) is 6.13. The lowest BCUT2D eigenvalue weighted by molar-refractivity contribution is 0.373. The van der Waals surface area contributed by atoms with Crippen LogP contribution in [-0.4, -0.2) is 28.2 Å². The van der Waals surface area contributed by atoms with Gasteiger partial charge in [-0.2, -0.15) is 0 Å². The summed E-state index contributed by atoms with van der Waals surface area (Å²) in [6.07, 6.45) is 7.66. The highest BCUT2D eigenvalue weighted by Crippen LogP contribution is 2.43. The second-order valence-electron chi connectivity index (χ2n) is 7.10. The maximum Gasteiger partial charge on any atom is 0.160 e. The quantitative estimate of drug-likeness (QED) is 0.737. The molecule has 0 atom stereocenters. The van der Waals surface area contributed by atoms with Crippen LogP contribution in [0.25, 0.3) is 10.2 Å². The van der Waals surface area contributed by atoms with Gasteiger partial charge in [0, 0.05) is 17.5 Å². The van der Waals surface area contributed by atoms with Crippen LogP contribution in [0.5, 0.6) is 11.5 Å². The van der Waals surface area contributed by atoms with Crippen molar-refractivity contribution in [3.8, 4) is 11.5 Å². The van der Waals surface area contributed by atoms with Crippen LogP contribution in [0.4, 0.5) is 5.82 Å². The molecule has 1 fully saturated rings. The maximum atomic E-state index is 9.87. The van der Waals surface area contributed by atoms with E-state index in [0.29, 0.717) is 11.8 Å². The number of aromatic hydroxyl groups is 1. The summed E-state index contributed by atoms with van der Waals surface area (Å²) in [4.78, 5) is 14.3. The highest BCUT2D eigenvalue weighted by Gasteiger charge is 2.33. The third-order valence-electron chi connectivity index (χ3n) is 5.34. The lowest BCUT2D eigenvalue weighted by Crippen LogP contribution is -2.26. The maximum absolute atomic E-state index is 9.87. The number of methoxy groups -OCH3 is 1. The first-order valence-corrected chi connectivity index (χ1v) is 9.94. The summed E-state index contributed by atoms with van der Waals surface area (Å²) in [5, 5.41) is 11.1. The average Bonchev–Trinajstić information content (AvgIpc) is 3.28. The summed E-state index contributed by atoms with van der Waals surface area (Å²) in [5.74, 6) is 1.76. The SMILES string of the molecule is COc1cc(CN(c2ncnc3sc4c(c23)CCC4)C2CC2)ccc1O. The number of aromatic nitrogens is 2. The van der Waals surface area contributed by atoms with Gasteiger partial charge in [0.05, 0.1) is 12.5 Å². The molecule has 1 saturated carbocycles. The lowest BCUT2D eigenvalue weighted by atomic mass is 10.1. The summed E-state index contributed by atoms with van der Waals surface area (Å²) in [6.45, 7) is 0.762. The molecule has 0 bridgehead atoms. The van der Waals surface area contributed by atoms with Crippen molar-refractivity contribution in [3.63, 3.8) is 0 Å². The molecule has 0 saturated heterocycles. The summed E-state index contributed by atoms with van der Waals surface area (Å²) >= 11 is 1.83. The average molecular weight is 367 g/mol. The van der Waals surface area contributed by atoms with Gasteiger partial charge in [0.2, 0.25) is 0 Å². The summed E-state index contributed by atoms with van der Waals surface area (Å²) in [5.41, 5.74) is 2.58. The number of benzene rings is 1. The number of fused-ring (bicyclic) bond motifs is 3. The molecule has 0 spiro atoms. The molecule has 134 valence electrons. The Morgan fingerprint density at radius 2 is 2.15 bits per heavy atom. The van der Waals surface area contributed by atoms with Crippen LogP contribution in [0, 0.1) is 0 Å². The fourth-order valence-electron chi connectivity index (χ4n) is 3.91. The van der Waals surface area contributed by atoms with E-state index in [-0.39, 0.29) is 5.75 Å². The molecule has 0 unspecified atom stereocenters. The molecular weight excluding hydrogens is 346 g/mol. The van der Waals surface area contributed by atoms with E-state index >= 15 is 0 Å². The molecule has 0 aliphatic heterocycles. The molecule has 1 N–H and O–H groups in total. The minimum absolute atomic E-state index is 0.175. The highest BCUT2D eigenvalue weighted by atomic mass is 32.1. The Kier molecular flexibility index (Phi) is 3.74. The van der Waals surface area contributed by atoms with Gasteiger partial charge in [-0.1, -0.05) is 6.07 Å². The minimum Gasteiger partial charge on any atom is -0.504 e. The smallest absolute Gasteiger partial charge is 0.160 e. The normalized spacial score (nSPS) is 16.0. The topological polar surface area (TPSA) is 58.5 Å². The van der Waals surface area contributed by atoms with Gasteiger partial charge in [-0.05, 0) is 55.4 Å². The number of nitrogens with zero attached hydrogens (tertiary/aromatic N) is 3. The van der Waals surface area contributed by atoms with E-state index < -0.39 is 0 Å². The van der Waals surface area contributed by atoms with Crippen molar-refractivity contribution in [1.82, 2.24) is 9.97 Å². The minimum atomic E-state index is 0.175. The summed E-state index contributed by atoms with van der Waals surface area (Å²) in [7, 11) is 1.58. The Labute approximate surface area is 156 Å². The second-order valence-corrected chi connectivity index (χ2v) is 8.18. The van der Waals surface area contributed by atoms with Gasteiger partial charge >= 0.3 is 0 Å². The first-order valence-electron chi connectivity index (χ1n) is 9.12. The van der Waals surface area contributed by atoms with Crippen LogP contribution in [0.15, 0.2) is 24.5 Å². The molecule has 2 aliphatic rings. The zero-order valence-corrected chi connectivity index (χ0v) is 15.6. The van der Waals surface area contributed by atoms with Gasteiger partial charge in [0.15, 0.2) is 11.5 Å². The van der Waals surface area contributed by atoms with E-state index in [1.807, 2.05) is 23.5 Å². The molecule has 5 nitrogen and oxygen atoms in total. The Bertz CT molecular complexity index is 981. The third-order valence-corrected chi connectivity index (χ3v) is 6.54. The van der Waals surface area contributed by atoms with E-state index in [9.17, 15) is 5.11 Å². The Morgan fingerprint density at radius 1 is 1.27 bits per heavy atom. The number of hydrogen-bond donors (Lipinski definition) is 1. The van der Waals surface area contributed by atoms with Crippen molar-refractivity contribution < 1.29 is 9.84 Å². The Balaban J connectivity index is 1.57. The van der Waals surface area contributed by atoms with Gasteiger partial charge < -0.3 is 14.7 Å². The van der Waals surface area contributed by atoms with E-state index in [0.717, 1.165) is 29.2 Å². The van der Waals surface area contributed by atoms with Crippen molar-refractivity contribution in [3.05, 3.63) is 40.5 Å². The monoisotopic (exact) mass is 367 g/mol. The van der Waals surface area contributed by atoms with E-state index in [1.54, 1.807) is 19.5 Å². The summed E-state index contributed by atoms with van der Waals surface area (Å²) < 4.78 is 5.27. The lowest BCUT2D eigenvalue weighted by Gasteiger charge is -2.25. The Morgan fingerprint density at radius 3 is 2.96 bits per heavy atom. The fraction of sp³-hybridized carbons (Fsp3) is 0.400. The van der Waals surface area contributed by atoms with Gasteiger partial charge in [0.1, 0.15) is 17.0 Å². The van der Waals surface area contributed by atoms with E-state index in [2.05, 4.69) is 9.88 Å². The number of rotatable bonds is 5. The van der Waals surface area contributed by atoms with Gasteiger partial charge in [-0.3, -0.25) is 0 Å². The number of phenolic OH excluding ortho intramolecular Hbond substituents is 1. The number of phenols is 1. The molecule has 2 aliphatic carbocycles. The van der Waals surface area contributed by atoms with Crippen LogP contribution in [-0.2, 0) is 19.4 Å². The van der Waals surface area contributed by atoms with Crippen LogP contribution in [0.3, 0.4) is 0 Å². The van der Waals surface area contributed by atoms with Crippen molar-refractivity contribution >= 4 is 27.4 Å². The van der Waals surface area contributed by atoms with E-state index in [4.69, 9.17) is 9.72 Å². The largest absolute Gasteiger partial charge is 0.504 e. The van der Waals surface area contributed by atoms with E-state index in [1.165, 1.54) is 41.5 Å². The fourth-order valence-corrected chi connectivity index (χ4v) is 5.13. The first-order chi connectivity index (χ1) is 12.7. The van der Waals surface area contributed by atoms with Crippen molar-refractivity contribution in [2.45, 2.75) is 44.7 Å². The van der Waals surface area contributed by atoms with Crippen LogP contribution in [0.2, 0.25) is 0 Å². The zero-order valence-electron chi connectivity index (χ0n) is 14.7. The van der Waals surface area contributed by atoms with Crippen molar-refractivity contribution in [2.75, 3.05) is 12.0 Å². The zero-order chi connectivity index (χ0) is 17.7. The molecule has 5 rings (SSSR count). The number of ether oxygens (including phenoxy) is 1. The standard InChI is InChI=1S/C20H21N3O2S/c1-25-16-9-12(5-8-15(16)24)10-23(13-6-7-13)19-18-14-3-2-4-17(14)26-20(18)22-11-21-19/h5,8-9,11,13,24H,2-4,6-7,10H2,1H3. The molecule has 3 aromatic rings. The van der Waals surface area contributed by atoms with Crippen molar-refractivity contribution in [1.29, 1.82) is 0 Å². The van der Waals surface area contributed by atoms with Crippen LogP contribution in [0.1, 0.15) is 35.3 Å². The first kappa shape index (κ1) is 15.9. The Hall–Kier alpha value is -2.34. The molecule has 26 heavy (non-hydrogen) atoms. The van der Waals surface area contributed by atoms with Gasteiger partial charge in [0.25, 0.3) is 0 Å². The number of thiophene rings is 1. The van der Waals surface area contributed by atoms with Crippen molar-refractivity contribution in [2.24, 2.45) is 0 Å². The molecule has 0 radical (unpaired) electrons. The third kappa shape index (κ3) is 2.60. The van der Waals surface area contributed by atoms with Gasteiger partial charge in [-0.25, -0.2) is 9.97 Å². The predicted octanol–water partition coefficient (Wildman–Crippen LogP) is 4.06. The van der Waals surface area contributed by atoms with Gasteiger partial charge in [-0.15, -0.1) is 11.3 Å². The molecule has 0 amide bonds. The van der Waals surface area contributed by atoms with Crippen LogP contribution < -0.4 is 9.64 Å². The molecular formula is C20H21N3O2S. The number of anilines is 1. The molecule has 2 aromatic heterocycles. The molecule has 6 heteroatoms. The molecule has 2 heterocycles. The predicted molar refractivity (Wildman–Crippen MR) is 103 cm³/mol.